The molecule has 0 spiro atoms. The van der Waals surface area contributed by atoms with E-state index in [-0.39, 0.29) is 0 Å². The molecule has 2 fully saturated rings. The Hall–Kier alpha value is -0.0900. The van der Waals surface area contributed by atoms with Gasteiger partial charge in [0, 0.05) is 0 Å². The molecular weight excluding hydrogens is 376 g/mol. The van der Waals surface area contributed by atoms with Crippen molar-refractivity contribution in [3.8, 4) is 0 Å². The molecule has 2 aliphatic heterocycles. The second kappa shape index (κ2) is 8.94. The lowest BCUT2D eigenvalue weighted by molar-refractivity contribution is -0.421. The van der Waals surface area contributed by atoms with Gasteiger partial charge in [-0.1, -0.05) is 6.92 Å². The average molecular weight is 402 g/mol. The average Bonchev–Trinajstić information content (AvgIpc) is 2.63. The van der Waals surface area contributed by atoms with Gasteiger partial charge in [0.2, 0.25) is 5.79 Å². The summed E-state index contributed by atoms with van der Waals surface area (Å²) >= 11 is 1.14. The highest BCUT2D eigenvalue weighted by Crippen LogP contribution is 2.37. The van der Waals surface area contributed by atoms with E-state index in [4.69, 9.17) is 14.2 Å². The highest BCUT2D eigenvalue weighted by Gasteiger charge is 2.58. The lowest BCUT2D eigenvalue weighted by atomic mass is 9.94. The summed E-state index contributed by atoms with van der Waals surface area (Å²) < 4.78 is 15.7. The summed E-state index contributed by atoms with van der Waals surface area (Å²) in [7, 11) is 0. The summed E-state index contributed by atoms with van der Waals surface area (Å²) in [5.74, 6) is -2.16. The third kappa shape index (κ3) is 4.01. The summed E-state index contributed by atoms with van der Waals surface area (Å²) in [6.07, 6.45) is -13.4. The second-order valence-corrected chi connectivity index (χ2v) is 7.51. The van der Waals surface area contributed by atoms with Crippen LogP contribution in [-0.4, -0.2) is 120 Å². The third-order valence-electron chi connectivity index (χ3n) is 4.44. The van der Waals surface area contributed by atoms with Crippen LogP contribution in [0.3, 0.4) is 0 Å². The first-order chi connectivity index (χ1) is 12.2. The molecule has 0 bridgehead atoms. The maximum absolute atomic E-state index is 10.7. The molecule has 10 atom stereocenters. The molecule has 0 radical (unpaired) electrons. The topological polar surface area (TPSA) is 190 Å². The predicted octanol–water partition coefficient (Wildman–Crippen LogP) is -4.32. The van der Waals surface area contributed by atoms with Crippen LogP contribution in [0.5, 0.6) is 0 Å². The zero-order valence-corrected chi connectivity index (χ0v) is 14.8. The van der Waals surface area contributed by atoms with Crippen molar-refractivity contribution < 1.29 is 55.1 Å². The molecule has 0 aromatic heterocycles. The van der Waals surface area contributed by atoms with E-state index in [2.05, 4.69) is 0 Å². The Balaban J connectivity index is 2.21. The molecule has 2 saturated heterocycles. The first kappa shape index (κ1) is 22.2. The molecule has 2 heterocycles. The molecule has 0 aliphatic carbocycles. The highest BCUT2D eigenvalue weighted by molar-refractivity contribution is 7.99. The van der Waals surface area contributed by atoms with Crippen LogP contribution in [-0.2, 0) is 14.2 Å². The Bertz CT molecular complexity index is 451. The number of ether oxygens (including phenoxy) is 3. The van der Waals surface area contributed by atoms with Crippen molar-refractivity contribution in [2.24, 2.45) is 0 Å². The van der Waals surface area contributed by atoms with Crippen LogP contribution in [0.4, 0.5) is 0 Å². The van der Waals surface area contributed by atoms with Gasteiger partial charge in [-0.05, 0) is 5.75 Å². The summed E-state index contributed by atoms with van der Waals surface area (Å²) in [5.41, 5.74) is -0.939. The van der Waals surface area contributed by atoms with Crippen molar-refractivity contribution in [2.75, 3.05) is 19.0 Å². The van der Waals surface area contributed by atoms with E-state index in [1.807, 2.05) is 0 Å². The van der Waals surface area contributed by atoms with Crippen LogP contribution < -0.4 is 0 Å². The van der Waals surface area contributed by atoms with Crippen molar-refractivity contribution in [3.05, 3.63) is 0 Å². The lowest BCUT2D eigenvalue weighted by Crippen LogP contribution is -2.70. The Morgan fingerprint density at radius 1 is 0.923 bits per heavy atom. The van der Waals surface area contributed by atoms with Gasteiger partial charge >= 0.3 is 0 Å². The van der Waals surface area contributed by atoms with Crippen molar-refractivity contribution in [3.63, 3.8) is 0 Å². The molecule has 154 valence electrons. The van der Waals surface area contributed by atoms with Crippen molar-refractivity contribution in [1.29, 1.82) is 0 Å². The number of aliphatic hydroxyl groups excluding tert-OH is 7. The predicted molar refractivity (Wildman–Crippen MR) is 85.7 cm³/mol. The van der Waals surface area contributed by atoms with Gasteiger partial charge in [-0.25, -0.2) is 0 Å². The Labute approximate surface area is 153 Å². The van der Waals surface area contributed by atoms with E-state index >= 15 is 0 Å². The van der Waals surface area contributed by atoms with Crippen LogP contribution in [0.2, 0.25) is 0 Å². The molecule has 11 nitrogen and oxygen atoms in total. The lowest BCUT2D eigenvalue weighted by Gasteiger charge is -2.50. The summed E-state index contributed by atoms with van der Waals surface area (Å²) in [6, 6.07) is 0. The summed E-state index contributed by atoms with van der Waals surface area (Å²) in [5, 5.41) is 79.4. The number of hydrogen-bond acceptors (Lipinski definition) is 12. The quantitative estimate of drug-likeness (QED) is 0.200. The third-order valence-corrected chi connectivity index (χ3v) is 5.49. The van der Waals surface area contributed by atoms with E-state index < -0.39 is 73.5 Å². The van der Waals surface area contributed by atoms with Crippen LogP contribution in [0, 0.1) is 0 Å². The van der Waals surface area contributed by atoms with Gasteiger partial charge in [0.25, 0.3) is 0 Å². The maximum atomic E-state index is 10.7. The fraction of sp³-hybridized carbons (Fsp3) is 1.00. The van der Waals surface area contributed by atoms with Gasteiger partial charge in [-0.2, -0.15) is 0 Å². The summed E-state index contributed by atoms with van der Waals surface area (Å²) in [6.45, 7) is 0.272. The molecule has 0 aromatic carbocycles. The molecule has 8 N–H and O–H groups in total. The maximum Gasteiger partial charge on any atom is 0.226 e. The van der Waals surface area contributed by atoms with Crippen molar-refractivity contribution in [2.45, 2.75) is 67.2 Å². The van der Waals surface area contributed by atoms with Gasteiger partial charge in [0.15, 0.2) is 6.29 Å². The highest BCUT2D eigenvalue weighted by atomic mass is 32.2. The van der Waals surface area contributed by atoms with E-state index in [1.54, 1.807) is 6.92 Å². The van der Waals surface area contributed by atoms with Crippen LogP contribution in [0.1, 0.15) is 6.92 Å². The monoisotopic (exact) mass is 402 g/mol. The Morgan fingerprint density at radius 2 is 1.58 bits per heavy atom. The normalized spacial score (nSPS) is 50.0. The van der Waals surface area contributed by atoms with Gasteiger partial charge in [0.05, 0.1) is 13.2 Å². The smallest absolute Gasteiger partial charge is 0.226 e. The van der Waals surface area contributed by atoms with E-state index in [1.165, 1.54) is 0 Å². The molecule has 2 aliphatic rings. The molecule has 0 aromatic rings. The van der Waals surface area contributed by atoms with Crippen molar-refractivity contribution >= 4 is 11.8 Å². The minimum Gasteiger partial charge on any atom is -0.394 e. The SMILES string of the molecule is CCSC1OC(CO)C(O)(OC2OC(CO)C(O)C(O)C2O)C(O)C1O. The number of thioether (sulfide) groups is 1. The molecule has 0 saturated carbocycles. The van der Waals surface area contributed by atoms with Gasteiger partial charge in [-0.3, -0.25) is 0 Å². The molecular formula is C14H26O11S. The molecule has 10 unspecified atom stereocenters. The van der Waals surface area contributed by atoms with Crippen LogP contribution >= 0.6 is 11.8 Å². The fourth-order valence-corrected chi connectivity index (χ4v) is 3.78. The largest absolute Gasteiger partial charge is 0.394 e. The zero-order chi connectivity index (χ0) is 19.6. The van der Waals surface area contributed by atoms with Gasteiger partial charge in [-0.15, -0.1) is 11.8 Å². The van der Waals surface area contributed by atoms with Gasteiger partial charge < -0.3 is 55.1 Å². The molecule has 26 heavy (non-hydrogen) atoms. The molecule has 2 rings (SSSR count). The Kier molecular flexibility index (Phi) is 7.63. The van der Waals surface area contributed by atoms with Crippen LogP contribution in [0.15, 0.2) is 0 Å². The molecule has 12 heteroatoms. The van der Waals surface area contributed by atoms with E-state index in [0.29, 0.717) is 5.75 Å². The van der Waals surface area contributed by atoms with Crippen molar-refractivity contribution in [1.82, 2.24) is 0 Å². The number of rotatable bonds is 6. The van der Waals surface area contributed by atoms with E-state index in [9.17, 15) is 40.9 Å². The Morgan fingerprint density at radius 3 is 2.12 bits per heavy atom. The minimum absolute atomic E-state index is 0.526. The molecule has 0 amide bonds. The number of hydrogen-bond donors (Lipinski definition) is 8. The second-order valence-electron chi connectivity index (χ2n) is 6.13. The minimum atomic E-state index is -2.69. The first-order valence-electron chi connectivity index (χ1n) is 8.16. The summed E-state index contributed by atoms with van der Waals surface area (Å²) in [4.78, 5) is 0. The van der Waals surface area contributed by atoms with E-state index in [0.717, 1.165) is 11.8 Å². The number of aliphatic hydroxyl groups is 8. The fourth-order valence-electron chi connectivity index (χ4n) is 2.90. The zero-order valence-electron chi connectivity index (χ0n) is 14.0. The van der Waals surface area contributed by atoms with Gasteiger partial charge in [0.1, 0.15) is 48.2 Å². The first-order valence-corrected chi connectivity index (χ1v) is 9.20. The van der Waals surface area contributed by atoms with Crippen LogP contribution in [0.25, 0.3) is 0 Å². The standard InChI is InChI=1S/C14H26O11S/c1-2-26-13-10(20)11(21)14(22,6(4-16)24-13)25-12-9(19)8(18)7(17)5(3-15)23-12/h5-13,15-22H,2-4H2,1H3.